The molecule has 0 unspecified atom stereocenters. The molecule has 0 bridgehead atoms. The lowest BCUT2D eigenvalue weighted by Crippen LogP contribution is -2.18. The average molecular weight is 497 g/mol. The summed E-state index contributed by atoms with van der Waals surface area (Å²) in [6, 6.07) is 7.21. The van der Waals surface area contributed by atoms with Crippen LogP contribution in [-0.4, -0.2) is 6.61 Å². The fraction of sp³-hybridized carbons (Fsp3) is 0.636. The predicted molar refractivity (Wildman–Crippen MR) is 148 cm³/mol. The molecule has 4 rings (SSSR count). The van der Waals surface area contributed by atoms with Gasteiger partial charge in [-0.25, -0.2) is 8.78 Å². The van der Waals surface area contributed by atoms with E-state index >= 15 is 8.78 Å². The Hall–Kier alpha value is -1.90. The second kappa shape index (κ2) is 13.6. The van der Waals surface area contributed by atoms with Crippen LogP contribution in [0.4, 0.5) is 8.78 Å². The number of ether oxygens (including phenoxy) is 1. The van der Waals surface area contributed by atoms with Gasteiger partial charge in [-0.2, -0.15) is 0 Å². The second-order valence-corrected chi connectivity index (χ2v) is 11.5. The zero-order valence-electron chi connectivity index (χ0n) is 22.5. The van der Waals surface area contributed by atoms with Gasteiger partial charge in [0.2, 0.25) is 0 Å². The molecule has 3 heteroatoms. The molecular weight excluding hydrogens is 450 g/mol. The number of allylic oxidation sites excluding steroid dienone is 1. The highest BCUT2D eigenvalue weighted by Gasteiger charge is 2.28. The standard InChI is InChI=1S/C33H46F2O/c1-3-5-7-8-24-9-11-25(12-10-24)13-14-26-15-17-27(18-16-26)30-22-28-19-20-29(36-21-6-4-2)23-31(28)33(35)32(30)34/h4,6,19-20,22-27H,3,5,7-18,21H2,1-2H3. The molecule has 0 aliphatic heterocycles. The van der Waals surface area contributed by atoms with Crippen LogP contribution in [0.3, 0.4) is 0 Å². The minimum atomic E-state index is -0.730. The number of fused-ring (bicyclic) bond motifs is 1. The van der Waals surface area contributed by atoms with Crippen LogP contribution in [0.5, 0.6) is 5.75 Å². The molecule has 0 atom stereocenters. The number of hydrogen-bond donors (Lipinski definition) is 0. The first kappa shape index (κ1) is 27.1. The summed E-state index contributed by atoms with van der Waals surface area (Å²) in [7, 11) is 0. The SMILES string of the molecule is CC=CCOc1ccc2cc(C3CCC(CCC4CCC(CCCCC)CC4)CC3)c(F)c(F)c2c1. The van der Waals surface area contributed by atoms with Crippen molar-refractivity contribution in [3.63, 3.8) is 0 Å². The molecule has 0 saturated heterocycles. The smallest absolute Gasteiger partial charge is 0.167 e. The highest BCUT2D eigenvalue weighted by Crippen LogP contribution is 2.42. The zero-order valence-corrected chi connectivity index (χ0v) is 22.5. The Kier molecular flexibility index (Phi) is 10.2. The van der Waals surface area contributed by atoms with Crippen LogP contribution >= 0.6 is 0 Å². The summed E-state index contributed by atoms with van der Waals surface area (Å²) in [6.45, 7) is 4.64. The summed E-state index contributed by atoms with van der Waals surface area (Å²) >= 11 is 0. The van der Waals surface area contributed by atoms with Gasteiger partial charge in [-0.15, -0.1) is 0 Å². The van der Waals surface area contributed by atoms with Gasteiger partial charge in [0.25, 0.3) is 0 Å². The lowest BCUT2D eigenvalue weighted by atomic mass is 9.73. The second-order valence-electron chi connectivity index (χ2n) is 11.5. The predicted octanol–water partition coefficient (Wildman–Crippen LogP) is 10.5. The van der Waals surface area contributed by atoms with Crippen LogP contribution < -0.4 is 4.74 Å². The van der Waals surface area contributed by atoms with Crippen LogP contribution in [0, 0.1) is 29.4 Å². The van der Waals surface area contributed by atoms with E-state index in [9.17, 15) is 0 Å². The highest BCUT2D eigenvalue weighted by atomic mass is 19.2. The van der Waals surface area contributed by atoms with Crippen molar-refractivity contribution in [2.45, 2.75) is 110 Å². The molecular formula is C33H46F2O. The molecule has 2 saturated carbocycles. The number of hydrogen-bond acceptors (Lipinski definition) is 1. The normalized spacial score (nSPS) is 25.0. The van der Waals surface area contributed by atoms with Crippen molar-refractivity contribution in [1.29, 1.82) is 0 Å². The average Bonchev–Trinajstić information content (AvgIpc) is 2.91. The first-order valence-corrected chi connectivity index (χ1v) is 14.7. The summed E-state index contributed by atoms with van der Waals surface area (Å²) in [5.74, 6) is 1.97. The molecule has 2 aliphatic rings. The highest BCUT2D eigenvalue weighted by molar-refractivity contribution is 5.85. The third kappa shape index (κ3) is 7.11. The van der Waals surface area contributed by atoms with E-state index in [0.717, 1.165) is 48.8 Å². The Bertz CT molecular complexity index is 981. The van der Waals surface area contributed by atoms with Crippen LogP contribution in [0.2, 0.25) is 0 Å². The minimum absolute atomic E-state index is 0.129. The Labute approximate surface area is 217 Å². The molecule has 0 N–H and O–H groups in total. The van der Waals surface area contributed by atoms with Crippen LogP contribution in [-0.2, 0) is 0 Å². The van der Waals surface area contributed by atoms with E-state index < -0.39 is 11.6 Å². The molecule has 2 aromatic carbocycles. The summed E-state index contributed by atoms with van der Waals surface area (Å²) in [4.78, 5) is 0. The van der Waals surface area contributed by atoms with Crippen molar-refractivity contribution < 1.29 is 13.5 Å². The first-order chi connectivity index (χ1) is 17.6. The molecule has 1 nitrogen and oxygen atoms in total. The van der Waals surface area contributed by atoms with Crippen LogP contribution in [0.25, 0.3) is 10.8 Å². The quantitative estimate of drug-likeness (QED) is 0.222. The molecule has 0 radical (unpaired) electrons. The summed E-state index contributed by atoms with van der Waals surface area (Å²) in [6.07, 6.45) is 22.1. The van der Waals surface area contributed by atoms with Crippen LogP contribution in [0.15, 0.2) is 36.4 Å². The molecule has 2 aliphatic carbocycles. The zero-order chi connectivity index (χ0) is 25.3. The number of halogens is 2. The molecule has 0 heterocycles. The van der Waals surface area contributed by atoms with Gasteiger partial charge in [0.1, 0.15) is 12.4 Å². The number of unbranched alkanes of at least 4 members (excludes halogenated alkanes) is 2. The van der Waals surface area contributed by atoms with Gasteiger partial charge in [0.15, 0.2) is 11.6 Å². The topological polar surface area (TPSA) is 9.23 Å². The van der Waals surface area contributed by atoms with Gasteiger partial charge in [-0.05, 0) is 85.4 Å². The van der Waals surface area contributed by atoms with E-state index in [1.54, 1.807) is 6.07 Å². The number of rotatable bonds is 11. The summed E-state index contributed by atoms with van der Waals surface area (Å²) in [5.41, 5.74) is 0.572. The Morgan fingerprint density at radius 2 is 1.44 bits per heavy atom. The van der Waals surface area contributed by atoms with Crippen LogP contribution in [0.1, 0.15) is 115 Å². The first-order valence-electron chi connectivity index (χ1n) is 14.7. The van der Waals surface area contributed by atoms with E-state index in [4.69, 9.17) is 4.74 Å². The summed E-state index contributed by atoms with van der Waals surface area (Å²) in [5, 5.41) is 1.07. The van der Waals surface area contributed by atoms with E-state index in [1.807, 2.05) is 37.3 Å². The maximum absolute atomic E-state index is 15.1. The Morgan fingerprint density at radius 1 is 0.806 bits per heavy atom. The Balaban J connectivity index is 1.26. The van der Waals surface area contributed by atoms with E-state index in [0.29, 0.717) is 23.3 Å². The van der Waals surface area contributed by atoms with Gasteiger partial charge in [-0.1, -0.05) is 89.4 Å². The molecule has 36 heavy (non-hydrogen) atoms. The van der Waals surface area contributed by atoms with Crippen molar-refractivity contribution in [3.8, 4) is 5.75 Å². The van der Waals surface area contributed by atoms with Gasteiger partial charge in [0.05, 0.1) is 0 Å². The van der Waals surface area contributed by atoms with E-state index in [1.165, 1.54) is 64.2 Å². The van der Waals surface area contributed by atoms with E-state index in [2.05, 4.69) is 6.92 Å². The molecule has 2 aromatic rings. The fourth-order valence-corrected chi connectivity index (χ4v) is 6.68. The fourth-order valence-electron chi connectivity index (χ4n) is 6.68. The minimum Gasteiger partial charge on any atom is -0.490 e. The van der Waals surface area contributed by atoms with Gasteiger partial charge in [0, 0.05) is 5.39 Å². The molecule has 0 amide bonds. The molecule has 0 aromatic heterocycles. The third-order valence-corrected chi connectivity index (χ3v) is 9.05. The molecule has 198 valence electrons. The largest absolute Gasteiger partial charge is 0.490 e. The third-order valence-electron chi connectivity index (χ3n) is 9.05. The van der Waals surface area contributed by atoms with Gasteiger partial charge < -0.3 is 4.74 Å². The lowest BCUT2D eigenvalue weighted by molar-refractivity contribution is 0.221. The molecule has 2 fully saturated rings. The van der Waals surface area contributed by atoms with Crippen molar-refractivity contribution >= 4 is 10.8 Å². The maximum atomic E-state index is 15.1. The maximum Gasteiger partial charge on any atom is 0.167 e. The van der Waals surface area contributed by atoms with Gasteiger partial charge >= 0.3 is 0 Å². The summed E-state index contributed by atoms with van der Waals surface area (Å²) < 4.78 is 35.8. The lowest BCUT2D eigenvalue weighted by Gasteiger charge is -2.32. The van der Waals surface area contributed by atoms with Gasteiger partial charge in [-0.3, -0.25) is 0 Å². The molecule has 0 spiro atoms. The van der Waals surface area contributed by atoms with Crippen molar-refractivity contribution in [2.24, 2.45) is 17.8 Å². The van der Waals surface area contributed by atoms with Crippen molar-refractivity contribution in [1.82, 2.24) is 0 Å². The van der Waals surface area contributed by atoms with Crippen molar-refractivity contribution in [2.75, 3.05) is 6.61 Å². The van der Waals surface area contributed by atoms with Crippen molar-refractivity contribution in [3.05, 3.63) is 53.6 Å². The number of benzene rings is 2. The van der Waals surface area contributed by atoms with E-state index in [-0.39, 0.29) is 5.92 Å². The monoisotopic (exact) mass is 496 g/mol. The Morgan fingerprint density at radius 3 is 2.08 bits per heavy atom.